The second-order valence-corrected chi connectivity index (χ2v) is 5.21. The number of nitrogens with zero attached hydrogens (tertiary/aromatic N) is 1. The molecule has 0 aromatic heterocycles. The molecule has 2 unspecified atom stereocenters. The van der Waals surface area contributed by atoms with Crippen molar-refractivity contribution < 1.29 is 4.39 Å². The van der Waals surface area contributed by atoms with Gasteiger partial charge in [-0.1, -0.05) is 6.07 Å². The van der Waals surface area contributed by atoms with E-state index in [2.05, 4.69) is 10.2 Å². The molecule has 17 heavy (non-hydrogen) atoms. The summed E-state index contributed by atoms with van der Waals surface area (Å²) in [4.78, 5) is 2.60. The van der Waals surface area contributed by atoms with Crippen LogP contribution in [0.1, 0.15) is 25.7 Å². The summed E-state index contributed by atoms with van der Waals surface area (Å²) in [7, 11) is 0. The van der Waals surface area contributed by atoms with E-state index in [1.165, 1.54) is 44.8 Å². The first-order valence-electron chi connectivity index (χ1n) is 6.57. The molecule has 2 fully saturated rings. The number of hydrogen-bond donors (Lipinski definition) is 1. The van der Waals surface area contributed by atoms with Crippen molar-refractivity contribution in [2.24, 2.45) is 0 Å². The Morgan fingerprint density at radius 2 is 2.18 bits per heavy atom. The Balaban J connectivity index is 1.62. The van der Waals surface area contributed by atoms with Crippen LogP contribution in [0.4, 0.5) is 10.1 Å². The van der Waals surface area contributed by atoms with Crippen LogP contribution < -0.4 is 5.32 Å². The van der Waals surface area contributed by atoms with Crippen LogP contribution in [0.25, 0.3) is 0 Å². The molecule has 1 aromatic carbocycles. The summed E-state index contributed by atoms with van der Waals surface area (Å²) in [5.41, 5.74) is 0.918. The van der Waals surface area contributed by atoms with Crippen molar-refractivity contribution in [3.05, 3.63) is 30.1 Å². The van der Waals surface area contributed by atoms with Gasteiger partial charge in [-0.05, 0) is 50.4 Å². The van der Waals surface area contributed by atoms with Crippen LogP contribution in [0, 0.1) is 5.82 Å². The molecular formula is C14H19FN2. The van der Waals surface area contributed by atoms with Gasteiger partial charge in [0.25, 0.3) is 0 Å². The van der Waals surface area contributed by atoms with Crippen LogP contribution in [-0.2, 0) is 0 Å². The van der Waals surface area contributed by atoms with Gasteiger partial charge in [-0.25, -0.2) is 4.39 Å². The highest BCUT2D eigenvalue weighted by atomic mass is 19.1. The summed E-state index contributed by atoms with van der Waals surface area (Å²) in [5.74, 6) is -0.159. The molecule has 0 saturated carbocycles. The molecule has 2 nitrogen and oxygen atoms in total. The molecule has 0 amide bonds. The lowest BCUT2D eigenvalue weighted by Crippen LogP contribution is -2.42. The highest BCUT2D eigenvalue weighted by Crippen LogP contribution is 2.28. The Bertz CT molecular complexity index is 394. The van der Waals surface area contributed by atoms with E-state index >= 15 is 0 Å². The van der Waals surface area contributed by atoms with Gasteiger partial charge >= 0.3 is 0 Å². The molecule has 0 radical (unpaired) electrons. The highest BCUT2D eigenvalue weighted by Gasteiger charge is 2.31. The lowest BCUT2D eigenvalue weighted by Gasteiger charge is -2.35. The zero-order chi connectivity index (χ0) is 11.7. The number of nitrogens with one attached hydrogen (secondary N) is 1. The van der Waals surface area contributed by atoms with Crippen LogP contribution in [0.15, 0.2) is 24.3 Å². The van der Waals surface area contributed by atoms with Crippen LogP contribution >= 0.6 is 0 Å². The molecule has 3 rings (SSSR count). The number of rotatable bonds is 2. The maximum Gasteiger partial charge on any atom is 0.125 e. The van der Waals surface area contributed by atoms with E-state index in [1.807, 2.05) is 6.07 Å². The first-order chi connectivity index (χ1) is 8.31. The molecule has 1 aromatic rings. The number of halogens is 1. The van der Waals surface area contributed by atoms with Gasteiger partial charge in [-0.2, -0.15) is 0 Å². The lowest BCUT2D eigenvalue weighted by atomic mass is 9.97. The van der Waals surface area contributed by atoms with E-state index in [9.17, 15) is 4.39 Å². The van der Waals surface area contributed by atoms with Gasteiger partial charge in [0.1, 0.15) is 5.82 Å². The third-order valence-corrected chi connectivity index (χ3v) is 4.02. The topological polar surface area (TPSA) is 15.3 Å². The molecular weight excluding hydrogens is 215 g/mol. The van der Waals surface area contributed by atoms with Gasteiger partial charge in [0.15, 0.2) is 0 Å². The van der Waals surface area contributed by atoms with Gasteiger partial charge in [-0.15, -0.1) is 0 Å². The maximum atomic E-state index is 13.1. The Labute approximate surface area is 102 Å². The quantitative estimate of drug-likeness (QED) is 0.846. The molecule has 0 aliphatic carbocycles. The standard InChI is InChI=1S/C14H19FN2/c15-11-3-1-4-12(9-11)16-13-6-8-17-7-2-5-14(17)10-13/h1,3-4,9,13-14,16H,2,5-8,10H2. The summed E-state index contributed by atoms with van der Waals surface area (Å²) in [6.07, 6.45) is 5.06. The summed E-state index contributed by atoms with van der Waals surface area (Å²) in [6.45, 7) is 2.47. The minimum Gasteiger partial charge on any atom is -0.382 e. The largest absolute Gasteiger partial charge is 0.382 e. The van der Waals surface area contributed by atoms with Crippen molar-refractivity contribution in [3.63, 3.8) is 0 Å². The smallest absolute Gasteiger partial charge is 0.125 e. The minimum atomic E-state index is -0.159. The first kappa shape index (κ1) is 11.0. The minimum absolute atomic E-state index is 0.159. The van der Waals surface area contributed by atoms with E-state index in [-0.39, 0.29) is 5.82 Å². The molecule has 2 aliphatic rings. The van der Waals surface area contributed by atoms with Crippen LogP contribution in [0.3, 0.4) is 0 Å². The predicted octanol–water partition coefficient (Wildman–Crippen LogP) is 2.86. The SMILES string of the molecule is Fc1cccc(NC2CCN3CCCC3C2)c1. The molecule has 2 atom stereocenters. The van der Waals surface area contributed by atoms with E-state index in [1.54, 1.807) is 12.1 Å². The molecule has 2 saturated heterocycles. The van der Waals surface area contributed by atoms with Gasteiger partial charge in [0.05, 0.1) is 0 Å². The zero-order valence-corrected chi connectivity index (χ0v) is 10.0. The monoisotopic (exact) mass is 234 g/mol. The molecule has 0 bridgehead atoms. The number of fused-ring (bicyclic) bond motifs is 1. The summed E-state index contributed by atoms with van der Waals surface area (Å²) < 4.78 is 13.1. The fourth-order valence-corrected chi connectivity index (χ4v) is 3.17. The number of benzene rings is 1. The molecule has 2 aliphatic heterocycles. The van der Waals surface area contributed by atoms with Crippen molar-refractivity contribution in [2.45, 2.75) is 37.8 Å². The summed E-state index contributed by atoms with van der Waals surface area (Å²) in [5, 5.41) is 3.47. The molecule has 2 heterocycles. The van der Waals surface area contributed by atoms with E-state index in [0.29, 0.717) is 6.04 Å². The van der Waals surface area contributed by atoms with E-state index in [0.717, 1.165) is 11.7 Å². The maximum absolute atomic E-state index is 13.1. The van der Waals surface area contributed by atoms with Crippen molar-refractivity contribution in [2.75, 3.05) is 18.4 Å². The Kier molecular flexibility index (Phi) is 3.02. The van der Waals surface area contributed by atoms with Crippen molar-refractivity contribution in [3.8, 4) is 0 Å². The number of anilines is 1. The van der Waals surface area contributed by atoms with Gasteiger partial charge < -0.3 is 10.2 Å². The van der Waals surface area contributed by atoms with E-state index < -0.39 is 0 Å². The molecule has 1 N–H and O–H groups in total. The molecule has 3 heteroatoms. The average molecular weight is 234 g/mol. The fraction of sp³-hybridized carbons (Fsp3) is 0.571. The van der Waals surface area contributed by atoms with Gasteiger partial charge in [0, 0.05) is 24.3 Å². The van der Waals surface area contributed by atoms with Gasteiger partial charge in [-0.3, -0.25) is 0 Å². The lowest BCUT2D eigenvalue weighted by molar-refractivity contribution is 0.188. The van der Waals surface area contributed by atoms with Crippen molar-refractivity contribution in [1.82, 2.24) is 4.90 Å². The van der Waals surface area contributed by atoms with Crippen LogP contribution in [0.5, 0.6) is 0 Å². The number of piperidine rings is 1. The first-order valence-corrected chi connectivity index (χ1v) is 6.57. The highest BCUT2D eigenvalue weighted by molar-refractivity contribution is 5.44. The molecule has 0 spiro atoms. The molecule has 92 valence electrons. The second-order valence-electron chi connectivity index (χ2n) is 5.21. The Hall–Kier alpha value is -1.09. The average Bonchev–Trinajstić information content (AvgIpc) is 2.76. The Morgan fingerprint density at radius 3 is 3.06 bits per heavy atom. The summed E-state index contributed by atoms with van der Waals surface area (Å²) >= 11 is 0. The van der Waals surface area contributed by atoms with Gasteiger partial charge in [0.2, 0.25) is 0 Å². The van der Waals surface area contributed by atoms with Crippen molar-refractivity contribution in [1.29, 1.82) is 0 Å². The summed E-state index contributed by atoms with van der Waals surface area (Å²) in [6, 6.07) is 8.06. The zero-order valence-electron chi connectivity index (χ0n) is 10.0. The van der Waals surface area contributed by atoms with E-state index in [4.69, 9.17) is 0 Å². The predicted molar refractivity (Wildman–Crippen MR) is 67.6 cm³/mol. The third-order valence-electron chi connectivity index (χ3n) is 4.02. The fourth-order valence-electron chi connectivity index (χ4n) is 3.17. The second kappa shape index (κ2) is 4.65. The van der Waals surface area contributed by atoms with Crippen LogP contribution in [-0.4, -0.2) is 30.1 Å². The van der Waals surface area contributed by atoms with Crippen molar-refractivity contribution >= 4 is 5.69 Å². The number of hydrogen-bond acceptors (Lipinski definition) is 2. The van der Waals surface area contributed by atoms with Crippen LogP contribution in [0.2, 0.25) is 0 Å². The normalized spacial score (nSPS) is 29.0. The Morgan fingerprint density at radius 1 is 1.24 bits per heavy atom. The third kappa shape index (κ3) is 2.44.